The van der Waals surface area contributed by atoms with Crippen LogP contribution >= 0.6 is 23.1 Å². The molecule has 2 rings (SSSR count). The number of carbonyl (C=O) groups excluding carboxylic acids is 1. The van der Waals surface area contributed by atoms with Crippen LogP contribution in [0.5, 0.6) is 0 Å². The fourth-order valence-corrected chi connectivity index (χ4v) is 4.36. The summed E-state index contributed by atoms with van der Waals surface area (Å²) in [5.41, 5.74) is 1.14. The summed E-state index contributed by atoms with van der Waals surface area (Å²) in [6.07, 6.45) is 3.93. The summed E-state index contributed by atoms with van der Waals surface area (Å²) >= 11 is 2.86. The number of aliphatic carboxylic acids is 1. The largest absolute Gasteiger partial charge is 0.481 e. The number of rotatable bonds is 6. The van der Waals surface area contributed by atoms with Crippen LogP contribution < -0.4 is 0 Å². The zero-order chi connectivity index (χ0) is 15.4. The fraction of sp³-hybridized carbons (Fsp3) is 0.643. The molecule has 1 aromatic heterocycles. The summed E-state index contributed by atoms with van der Waals surface area (Å²) in [5, 5.41) is 9.75. The van der Waals surface area contributed by atoms with E-state index < -0.39 is 5.97 Å². The van der Waals surface area contributed by atoms with E-state index in [0.29, 0.717) is 0 Å². The van der Waals surface area contributed by atoms with Crippen LogP contribution in [0.15, 0.2) is 0 Å². The molecule has 7 heteroatoms. The molecule has 0 saturated heterocycles. The molecule has 1 unspecified atom stereocenters. The summed E-state index contributed by atoms with van der Waals surface area (Å²) < 4.78 is 0. The number of aryl methyl sites for hydroxylation is 2. The molecule has 1 aromatic rings. The van der Waals surface area contributed by atoms with Crippen LogP contribution in [0.4, 0.5) is 0 Å². The molecule has 0 bridgehead atoms. The van der Waals surface area contributed by atoms with Crippen molar-refractivity contribution in [2.75, 3.05) is 18.6 Å². The number of thioether (sulfide) groups is 1. The van der Waals surface area contributed by atoms with Gasteiger partial charge in [-0.15, -0.1) is 23.1 Å². The minimum Gasteiger partial charge on any atom is -0.481 e. The monoisotopic (exact) mass is 328 g/mol. The van der Waals surface area contributed by atoms with Crippen LogP contribution in [-0.2, 0) is 22.4 Å². The zero-order valence-electron chi connectivity index (χ0n) is 12.3. The molecule has 0 radical (unpaired) electrons. The van der Waals surface area contributed by atoms with E-state index in [0.717, 1.165) is 48.1 Å². The number of carboxylic acid groups (broad SMARTS) is 1. The summed E-state index contributed by atoms with van der Waals surface area (Å²) in [6, 6.07) is 0.101. The Hall–Kier alpha value is -1.08. The summed E-state index contributed by atoms with van der Waals surface area (Å²) in [5.74, 6) is -0.708. The van der Waals surface area contributed by atoms with Gasteiger partial charge in [0, 0.05) is 7.05 Å². The average Bonchev–Trinajstić information content (AvgIpc) is 2.88. The third-order valence-corrected chi connectivity index (χ3v) is 5.83. The lowest BCUT2D eigenvalue weighted by Crippen LogP contribution is -2.34. The predicted octanol–water partition coefficient (Wildman–Crippen LogP) is 2.36. The maximum absolute atomic E-state index is 12.2. The molecule has 21 heavy (non-hydrogen) atoms. The number of carboxylic acids is 1. The number of nitrogens with zero attached hydrogens (tertiary/aromatic N) is 2. The van der Waals surface area contributed by atoms with Gasteiger partial charge in [0.1, 0.15) is 0 Å². The van der Waals surface area contributed by atoms with Crippen LogP contribution in [0.2, 0.25) is 0 Å². The lowest BCUT2D eigenvalue weighted by atomic mass is 9.97. The van der Waals surface area contributed by atoms with E-state index in [1.807, 2.05) is 7.05 Å². The molecule has 0 saturated carbocycles. The number of thiazole rings is 1. The van der Waals surface area contributed by atoms with Crippen LogP contribution in [0.3, 0.4) is 0 Å². The minimum atomic E-state index is -0.884. The predicted molar refractivity (Wildman–Crippen MR) is 84.9 cm³/mol. The third-order valence-electron chi connectivity index (χ3n) is 3.58. The van der Waals surface area contributed by atoms with E-state index >= 15 is 0 Å². The Kier molecular flexibility index (Phi) is 5.64. The van der Waals surface area contributed by atoms with Crippen molar-refractivity contribution in [1.82, 2.24) is 9.88 Å². The van der Waals surface area contributed by atoms with Gasteiger partial charge >= 0.3 is 5.97 Å². The van der Waals surface area contributed by atoms with Crippen molar-refractivity contribution in [3.05, 3.63) is 15.6 Å². The van der Waals surface area contributed by atoms with Crippen molar-refractivity contribution >= 4 is 35.0 Å². The van der Waals surface area contributed by atoms with E-state index in [1.54, 1.807) is 16.2 Å². The summed E-state index contributed by atoms with van der Waals surface area (Å²) in [7, 11) is 1.81. The number of carbonyl (C=O) groups is 2. The Labute approximate surface area is 132 Å². The Bertz CT molecular complexity index is 530. The first-order valence-corrected chi connectivity index (χ1v) is 9.03. The summed E-state index contributed by atoms with van der Waals surface area (Å²) in [6.45, 7) is 2.09. The highest BCUT2D eigenvalue weighted by molar-refractivity contribution is 8.00. The van der Waals surface area contributed by atoms with Gasteiger partial charge in [0.25, 0.3) is 0 Å². The molecular weight excluding hydrogens is 308 g/mol. The number of aromatic nitrogens is 1. The Balaban J connectivity index is 2.03. The van der Waals surface area contributed by atoms with E-state index in [1.165, 1.54) is 4.88 Å². The molecule has 0 aliphatic heterocycles. The van der Waals surface area contributed by atoms with Gasteiger partial charge in [-0.2, -0.15) is 0 Å². The van der Waals surface area contributed by atoms with Gasteiger partial charge < -0.3 is 10.0 Å². The van der Waals surface area contributed by atoms with Crippen LogP contribution in [0.1, 0.15) is 41.4 Å². The molecule has 0 aromatic carbocycles. The van der Waals surface area contributed by atoms with Crippen LogP contribution in [-0.4, -0.2) is 45.4 Å². The molecule has 1 amide bonds. The van der Waals surface area contributed by atoms with Crippen molar-refractivity contribution < 1.29 is 14.7 Å². The SMILES string of the molecule is CCc1nc2c(s1)C(N(C)C(=O)CSCC(=O)O)CCC2. The normalized spacial score (nSPS) is 17.3. The van der Waals surface area contributed by atoms with Crippen LogP contribution in [0.25, 0.3) is 0 Å². The molecule has 1 N–H and O–H groups in total. The standard InChI is InChI=1S/C14H20N2O3S2/c1-3-11-15-9-5-4-6-10(14(9)21-11)16(2)12(17)7-20-8-13(18)19/h10H,3-8H2,1-2H3,(H,18,19). The van der Waals surface area contributed by atoms with Crippen molar-refractivity contribution in [1.29, 1.82) is 0 Å². The first-order valence-electron chi connectivity index (χ1n) is 7.06. The lowest BCUT2D eigenvalue weighted by molar-refractivity contribution is -0.133. The molecule has 1 aliphatic rings. The zero-order valence-corrected chi connectivity index (χ0v) is 13.9. The fourth-order valence-electron chi connectivity index (χ4n) is 2.47. The maximum Gasteiger partial charge on any atom is 0.313 e. The van der Waals surface area contributed by atoms with Gasteiger partial charge in [0.05, 0.1) is 33.1 Å². The number of amides is 1. The molecule has 0 spiro atoms. The smallest absolute Gasteiger partial charge is 0.313 e. The van der Waals surface area contributed by atoms with Crippen LogP contribution in [0, 0.1) is 0 Å². The highest BCUT2D eigenvalue weighted by Crippen LogP contribution is 2.37. The quantitative estimate of drug-likeness (QED) is 0.868. The molecular formula is C14H20N2O3S2. The second-order valence-corrected chi connectivity index (χ2v) is 7.17. The second-order valence-electron chi connectivity index (χ2n) is 5.07. The molecule has 1 atom stereocenters. The van der Waals surface area contributed by atoms with Gasteiger partial charge in [-0.05, 0) is 25.7 Å². The van der Waals surface area contributed by atoms with E-state index in [4.69, 9.17) is 5.11 Å². The van der Waals surface area contributed by atoms with E-state index in [-0.39, 0.29) is 23.5 Å². The highest BCUT2D eigenvalue weighted by Gasteiger charge is 2.29. The summed E-state index contributed by atoms with van der Waals surface area (Å²) in [4.78, 5) is 30.3. The maximum atomic E-state index is 12.2. The van der Waals surface area contributed by atoms with Crippen molar-refractivity contribution in [3.8, 4) is 0 Å². The van der Waals surface area contributed by atoms with Crippen molar-refractivity contribution in [3.63, 3.8) is 0 Å². The van der Waals surface area contributed by atoms with Gasteiger partial charge in [-0.25, -0.2) is 4.98 Å². The van der Waals surface area contributed by atoms with E-state index in [9.17, 15) is 9.59 Å². The Morgan fingerprint density at radius 1 is 1.48 bits per heavy atom. The van der Waals surface area contributed by atoms with Gasteiger partial charge in [0.2, 0.25) is 5.91 Å². The number of hydrogen-bond donors (Lipinski definition) is 1. The lowest BCUT2D eigenvalue weighted by Gasteiger charge is -2.30. The average molecular weight is 328 g/mol. The van der Waals surface area contributed by atoms with Crippen molar-refractivity contribution in [2.45, 2.75) is 38.6 Å². The topological polar surface area (TPSA) is 70.5 Å². The molecule has 1 heterocycles. The number of fused-ring (bicyclic) bond motifs is 1. The van der Waals surface area contributed by atoms with Crippen molar-refractivity contribution in [2.24, 2.45) is 0 Å². The highest BCUT2D eigenvalue weighted by atomic mass is 32.2. The van der Waals surface area contributed by atoms with Gasteiger partial charge in [-0.1, -0.05) is 6.92 Å². The molecule has 1 aliphatic carbocycles. The first kappa shape index (κ1) is 16.3. The Morgan fingerprint density at radius 3 is 2.90 bits per heavy atom. The second kappa shape index (κ2) is 7.26. The number of hydrogen-bond acceptors (Lipinski definition) is 5. The first-order chi connectivity index (χ1) is 10.0. The molecule has 5 nitrogen and oxygen atoms in total. The minimum absolute atomic E-state index is 0.00875. The van der Waals surface area contributed by atoms with Gasteiger partial charge in [-0.3, -0.25) is 9.59 Å². The van der Waals surface area contributed by atoms with Gasteiger partial charge in [0.15, 0.2) is 0 Å². The molecule has 116 valence electrons. The van der Waals surface area contributed by atoms with E-state index in [2.05, 4.69) is 11.9 Å². The molecule has 0 fully saturated rings. The Morgan fingerprint density at radius 2 is 2.24 bits per heavy atom. The third kappa shape index (κ3) is 3.97.